The van der Waals surface area contributed by atoms with E-state index in [2.05, 4.69) is 35.9 Å². The molecule has 1 N–H and O–H groups in total. The molecule has 1 heterocycles. The van der Waals surface area contributed by atoms with Gasteiger partial charge in [-0.3, -0.25) is 0 Å². The fourth-order valence-corrected chi connectivity index (χ4v) is 2.74. The van der Waals surface area contributed by atoms with E-state index in [-0.39, 0.29) is 0 Å². The lowest BCUT2D eigenvalue weighted by Gasteiger charge is -2.21. The Morgan fingerprint density at radius 1 is 1.17 bits per heavy atom. The first kappa shape index (κ1) is 15.9. The van der Waals surface area contributed by atoms with Crippen LogP contribution in [0.4, 0.5) is 0 Å². The summed E-state index contributed by atoms with van der Waals surface area (Å²) in [6.07, 6.45) is 5.43. The van der Waals surface area contributed by atoms with Gasteiger partial charge >= 0.3 is 0 Å². The summed E-state index contributed by atoms with van der Waals surface area (Å²) in [5, 5.41) is 3.66. The predicted octanol–water partition coefficient (Wildman–Crippen LogP) is 2.18. The number of hydrogen-bond donors (Lipinski definition) is 1. The van der Waals surface area contributed by atoms with Crippen molar-refractivity contribution in [3.63, 3.8) is 0 Å². The fraction of sp³-hybridized carbons (Fsp3) is 1.00. The van der Waals surface area contributed by atoms with Gasteiger partial charge in [0.1, 0.15) is 0 Å². The molecule has 0 aromatic heterocycles. The SMILES string of the molecule is CCN(CC)CCCC(C)NCCN1CCCC1. The molecule has 3 nitrogen and oxygen atoms in total. The van der Waals surface area contributed by atoms with Gasteiger partial charge in [-0.1, -0.05) is 13.8 Å². The summed E-state index contributed by atoms with van der Waals surface area (Å²) in [7, 11) is 0. The fourth-order valence-electron chi connectivity index (χ4n) is 2.74. The van der Waals surface area contributed by atoms with Crippen LogP contribution in [0.1, 0.15) is 46.5 Å². The Kier molecular flexibility index (Phi) is 8.64. The molecule has 1 aliphatic heterocycles. The second-order valence-corrected chi connectivity index (χ2v) is 5.57. The highest BCUT2D eigenvalue weighted by atomic mass is 15.2. The van der Waals surface area contributed by atoms with Gasteiger partial charge in [0.25, 0.3) is 0 Å². The largest absolute Gasteiger partial charge is 0.313 e. The molecular weight excluding hydrogens is 222 g/mol. The Morgan fingerprint density at radius 3 is 2.44 bits per heavy atom. The molecule has 1 atom stereocenters. The normalized spacial score (nSPS) is 18.7. The Hall–Kier alpha value is -0.120. The Balaban J connectivity index is 1.94. The van der Waals surface area contributed by atoms with Gasteiger partial charge in [-0.15, -0.1) is 0 Å². The zero-order valence-electron chi connectivity index (χ0n) is 12.7. The minimum absolute atomic E-state index is 0.670. The van der Waals surface area contributed by atoms with E-state index in [1.54, 1.807) is 0 Å². The number of likely N-dealkylation sites (tertiary alicyclic amines) is 1. The number of hydrogen-bond acceptors (Lipinski definition) is 3. The van der Waals surface area contributed by atoms with Crippen molar-refractivity contribution in [2.75, 3.05) is 45.8 Å². The maximum absolute atomic E-state index is 3.66. The van der Waals surface area contributed by atoms with Crippen LogP contribution >= 0.6 is 0 Å². The van der Waals surface area contributed by atoms with E-state index in [4.69, 9.17) is 0 Å². The van der Waals surface area contributed by atoms with Crippen LogP contribution < -0.4 is 5.32 Å². The van der Waals surface area contributed by atoms with Crippen molar-refractivity contribution >= 4 is 0 Å². The van der Waals surface area contributed by atoms with Crippen LogP contribution in [0.5, 0.6) is 0 Å². The van der Waals surface area contributed by atoms with Gasteiger partial charge in [-0.25, -0.2) is 0 Å². The Bertz CT molecular complexity index is 178. The van der Waals surface area contributed by atoms with Crippen LogP contribution in [-0.2, 0) is 0 Å². The third-order valence-corrected chi connectivity index (χ3v) is 4.13. The average Bonchev–Trinajstić information content (AvgIpc) is 2.88. The molecule has 0 aromatic rings. The molecule has 1 fully saturated rings. The van der Waals surface area contributed by atoms with Crippen LogP contribution in [-0.4, -0.2) is 61.7 Å². The maximum Gasteiger partial charge on any atom is 0.0107 e. The summed E-state index contributed by atoms with van der Waals surface area (Å²) in [5.74, 6) is 0. The average molecular weight is 255 g/mol. The van der Waals surface area contributed by atoms with Crippen LogP contribution in [0, 0.1) is 0 Å². The lowest BCUT2D eigenvalue weighted by atomic mass is 10.1. The highest BCUT2D eigenvalue weighted by Gasteiger charge is 2.11. The van der Waals surface area contributed by atoms with E-state index in [1.165, 1.54) is 65.0 Å². The lowest BCUT2D eigenvalue weighted by molar-refractivity contribution is 0.287. The van der Waals surface area contributed by atoms with Gasteiger partial charge < -0.3 is 15.1 Å². The van der Waals surface area contributed by atoms with Crippen molar-refractivity contribution in [3.05, 3.63) is 0 Å². The highest BCUT2D eigenvalue weighted by Crippen LogP contribution is 2.06. The van der Waals surface area contributed by atoms with Crippen LogP contribution in [0.15, 0.2) is 0 Å². The molecule has 0 saturated carbocycles. The smallest absolute Gasteiger partial charge is 0.0107 e. The third-order valence-electron chi connectivity index (χ3n) is 4.13. The summed E-state index contributed by atoms with van der Waals surface area (Å²) >= 11 is 0. The van der Waals surface area contributed by atoms with Crippen LogP contribution in [0.3, 0.4) is 0 Å². The van der Waals surface area contributed by atoms with Crippen molar-refractivity contribution in [3.8, 4) is 0 Å². The van der Waals surface area contributed by atoms with E-state index < -0.39 is 0 Å². The first-order valence-corrected chi connectivity index (χ1v) is 7.94. The number of rotatable bonds is 10. The van der Waals surface area contributed by atoms with Gasteiger partial charge in [0.15, 0.2) is 0 Å². The standard InChI is InChI=1S/C15H33N3/c1-4-17(5-2)13-8-9-15(3)16-10-14-18-11-6-7-12-18/h15-16H,4-14H2,1-3H3. The quantitative estimate of drug-likeness (QED) is 0.645. The molecule has 0 radical (unpaired) electrons. The zero-order chi connectivity index (χ0) is 13.2. The highest BCUT2D eigenvalue weighted by molar-refractivity contribution is 4.69. The van der Waals surface area contributed by atoms with Crippen molar-refractivity contribution in [2.45, 2.75) is 52.5 Å². The molecule has 1 rings (SSSR count). The summed E-state index contributed by atoms with van der Waals surface area (Å²) in [4.78, 5) is 5.09. The summed E-state index contributed by atoms with van der Waals surface area (Å²) in [6.45, 7) is 15.5. The van der Waals surface area contributed by atoms with Gasteiger partial charge in [0, 0.05) is 19.1 Å². The second kappa shape index (κ2) is 9.76. The molecule has 1 unspecified atom stereocenters. The minimum Gasteiger partial charge on any atom is -0.313 e. The molecule has 0 bridgehead atoms. The van der Waals surface area contributed by atoms with Gasteiger partial charge in [-0.05, 0) is 65.3 Å². The summed E-state index contributed by atoms with van der Waals surface area (Å²) in [5.41, 5.74) is 0. The number of nitrogens with zero attached hydrogens (tertiary/aromatic N) is 2. The predicted molar refractivity (Wildman–Crippen MR) is 80.2 cm³/mol. The molecule has 3 heteroatoms. The van der Waals surface area contributed by atoms with E-state index >= 15 is 0 Å². The third kappa shape index (κ3) is 6.72. The van der Waals surface area contributed by atoms with Gasteiger partial charge in [0.05, 0.1) is 0 Å². The molecule has 1 aliphatic rings. The van der Waals surface area contributed by atoms with Crippen molar-refractivity contribution < 1.29 is 0 Å². The molecule has 108 valence electrons. The topological polar surface area (TPSA) is 18.5 Å². The molecular formula is C15H33N3. The molecule has 1 saturated heterocycles. The monoisotopic (exact) mass is 255 g/mol. The Morgan fingerprint density at radius 2 is 1.83 bits per heavy atom. The molecule has 0 aromatic carbocycles. The van der Waals surface area contributed by atoms with E-state index in [1.807, 2.05) is 0 Å². The zero-order valence-corrected chi connectivity index (χ0v) is 12.7. The first-order valence-electron chi connectivity index (χ1n) is 7.94. The molecule has 0 spiro atoms. The molecule has 0 aliphatic carbocycles. The molecule has 0 amide bonds. The van der Waals surface area contributed by atoms with E-state index in [9.17, 15) is 0 Å². The minimum atomic E-state index is 0.670. The van der Waals surface area contributed by atoms with E-state index in [0.717, 1.165) is 6.54 Å². The number of nitrogens with one attached hydrogen (secondary N) is 1. The second-order valence-electron chi connectivity index (χ2n) is 5.57. The van der Waals surface area contributed by atoms with Crippen molar-refractivity contribution in [2.24, 2.45) is 0 Å². The van der Waals surface area contributed by atoms with E-state index in [0.29, 0.717) is 6.04 Å². The Labute approximate surface area is 114 Å². The van der Waals surface area contributed by atoms with Crippen LogP contribution in [0.25, 0.3) is 0 Å². The van der Waals surface area contributed by atoms with Gasteiger partial charge in [0.2, 0.25) is 0 Å². The summed E-state index contributed by atoms with van der Waals surface area (Å²) in [6, 6.07) is 0.670. The van der Waals surface area contributed by atoms with Crippen LogP contribution in [0.2, 0.25) is 0 Å². The maximum atomic E-state index is 3.66. The first-order chi connectivity index (χ1) is 8.76. The van der Waals surface area contributed by atoms with Crippen molar-refractivity contribution in [1.29, 1.82) is 0 Å². The van der Waals surface area contributed by atoms with Crippen molar-refractivity contribution in [1.82, 2.24) is 15.1 Å². The molecule has 18 heavy (non-hydrogen) atoms. The summed E-state index contributed by atoms with van der Waals surface area (Å²) < 4.78 is 0. The van der Waals surface area contributed by atoms with Gasteiger partial charge in [-0.2, -0.15) is 0 Å². The lowest BCUT2D eigenvalue weighted by Crippen LogP contribution is -2.35.